The van der Waals surface area contributed by atoms with E-state index in [-0.39, 0.29) is 34.8 Å². The molecule has 2 heterocycles. The van der Waals surface area contributed by atoms with Gasteiger partial charge in [0.2, 0.25) is 15.9 Å². The molecule has 7 nitrogen and oxygen atoms in total. The van der Waals surface area contributed by atoms with Crippen molar-refractivity contribution in [1.29, 1.82) is 0 Å². The van der Waals surface area contributed by atoms with E-state index in [0.29, 0.717) is 24.9 Å². The number of amides is 1. The summed E-state index contributed by atoms with van der Waals surface area (Å²) in [4.78, 5) is 13.2. The number of carbonyl (C=O) groups excluding carboxylic acids is 1. The van der Waals surface area contributed by atoms with Crippen molar-refractivity contribution < 1.29 is 22.1 Å². The Kier molecular flexibility index (Phi) is 7.26. The third-order valence-corrected chi connectivity index (χ3v) is 9.22. The van der Waals surface area contributed by atoms with Crippen LogP contribution in [0.3, 0.4) is 0 Å². The maximum Gasteiger partial charge on any atom is 0.248 e. The van der Waals surface area contributed by atoms with Crippen molar-refractivity contribution in [2.24, 2.45) is 5.92 Å². The van der Waals surface area contributed by atoms with Crippen molar-refractivity contribution in [3.05, 3.63) is 82.5 Å². The molecule has 1 aliphatic carbocycles. The highest BCUT2D eigenvalue weighted by atomic mass is 32.2. The van der Waals surface area contributed by atoms with Crippen molar-refractivity contribution in [1.82, 2.24) is 14.8 Å². The van der Waals surface area contributed by atoms with Gasteiger partial charge >= 0.3 is 0 Å². The van der Waals surface area contributed by atoms with Gasteiger partial charge in [-0.15, -0.1) is 0 Å². The molecule has 0 unspecified atom stereocenters. The minimum atomic E-state index is -3.99. The Hall–Kier alpha value is -3.30. The number of halogens is 1. The third kappa shape index (κ3) is 5.24. The average Bonchev–Trinajstić information content (AvgIpc) is 3.29. The van der Waals surface area contributed by atoms with Crippen LogP contribution < -0.4 is 5.32 Å². The van der Waals surface area contributed by atoms with Crippen LogP contribution >= 0.6 is 0 Å². The van der Waals surface area contributed by atoms with Gasteiger partial charge < -0.3 is 9.84 Å². The number of fused-ring (bicyclic) bond motifs is 1. The number of piperidine rings is 1. The molecule has 2 aromatic carbocycles. The second kappa shape index (κ2) is 10.6. The van der Waals surface area contributed by atoms with E-state index in [4.69, 9.17) is 4.52 Å². The Morgan fingerprint density at radius 1 is 1.11 bits per heavy atom. The Balaban J connectivity index is 1.33. The van der Waals surface area contributed by atoms with Crippen molar-refractivity contribution in [3.8, 4) is 0 Å². The van der Waals surface area contributed by atoms with E-state index >= 15 is 0 Å². The fourth-order valence-electron chi connectivity index (χ4n) is 5.27. The number of sulfonamides is 1. The first-order valence-electron chi connectivity index (χ1n) is 12.6. The van der Waals surface area contributed by atoms with Gasteiger partial charge in [-0.25, -0.2) is 12.8 Å². The zero-order valence-corrected chi connectivity index (χ0v) is 21.5. The van der Waals surface area contributed by atoms with E-state index in [1.807, 2.05) is 12.1 Å². The first-order valence-corrected chi connectivity index (χ1v) is 14.1. The van der Waals surface area contributed by atoms with Crippen LogP contribution in [-0.2, 0) is 21.2 Å². The fraction of sp³-hybridized carbons (Fsp3) is 0.357. The minimum Gasteiger partial charge on any atom is -0.355 e. The van der Waals surface area contributed by atoms with Gasteiger partial charge in [0, 0.05) is 18.7 Å². The molecule has 194 valence electrons. The predicted octanol–water partition coefficient (Wildman–Crippen LogP) is 4.89. The average molecular weight is 524 g/mol. The molecule has 3 aromatic rings. The zero-order chi connectivity index (χ0) is 26.0. The molecule has 0 saturated carbocycles. The lowest BCUT2D eigenvalue weighted by Crippen LogP contribution is -2.46. The van der Waals surface area contributed by atoms with E-state index in [2.05, 4.69) is 22.6 Å². The third-order valence-electron chi connectivity index (χ3n) is 7.19. The van der Waals surface area contributed by atoms with Crippen LogP contribution in [0, 0.1) is 18.7 Å². The molecule has 1 saturated heterocycles. The number of carbonyl (C=O) groups is 1. The van der Waals surface area contributed by atoms with E-state index in [1.165, 1.54) is 28.1 Å². The minimum absolute atomic E-state index is 0.0335. The lowest BCUT2D eigenvalue weighted by molar-refractivity contribution is -0.127. The van der Waals surface area contributed by atoms with Crippen LogP contribution in [0.1, 0.15) is 59.9 Å². The molecule has 37 heavy (non-hydrogen) atoms. The summed E-state index contributed by atoms with van der Waals surface area (Å²) in [5, 5.41) is 7.04. The maximum absolute atomic E-state index is 14.0. The normalized spacial score (nSPS) is 20.6. The van der Waals surface area contributed by atoms with Gasteiger partial charge in [0.25, 0.3) is 0 Å². The van der Waals surface area contributed by atoms with Crippen molar-refractivity contribution in [3.63, 3.8) is 0 Å². The van der Waals surface area contributed by atoms with Gasteiger partial charge in [-0.05, 0) is 68.4 Å². The van der Waals surface area contributed by atoms with E-state index in [9.17, 15) is 17.6 Å². The van der Waals surface area contributed by atoms with Gasteiger partial charge in [0.1, 0.15) is 11.5 Å². The van der Waals surface area contributed by atoms with Gasteiger partial charge in [-0.1, -0.05) is 47.6 Å². The summed E-state index contributed by atoms with van der Waals surface area (Å²) in [5.41, 5.74) is 2.93. The van der Waals surface area contributed by atoms with E-state index < -0.39 is 21.8 Å². The number of rotatable bonds is 6. The van der Waals surface area contributed by atoms with E-state index in [0.717, 1.165) is 24.8 Å². The van der Waals surface area contributed by atoms with Gasteiger partial charge in [0.15, 0.2) is 10.7 Å². The molecule has 9 heteroatoms. The topological polar surface area (TPSA) is 92.5 Å². The maximum atomic E-state index is 14.0. The summed E-state index contributed by atoms with van der Waals surface area (Å²) in [6.07, 6.45) is 6.95. The van der Waals surface area contributed by atoms with Crippen LogP contribution in [0.15, 0.2) is 57.9 Å². The second-order valence-corrected chi connectivity index (χ2v) is 11.5. The van der Waals surface area contributed by atoms with Crippen LogP contribution in [0.4, 0.5) is 4.39 Å². The monoisotopic (exact) mass is 523 g/mol. The van der Waals surface area contributed by atoms with Gasteiger partial charge in [-0.2, -0.15) is 4.31 Å². The Morgan fingerprint density at radius 3 is 2.73 bits per heavy atom. The molecule has 0 spiro atoms. The highest BCUT2D eigenvalue weighted by Crippen LogP contribution is 2.32. The Labute approximate surface area is 216 Å². The molecular weight excluding hydrogens is 493 g/mol. The van der Waals surface area contributed by atoms with Crippen molar-refractivity contribution >= 4 is 28.1 Å². The second-order valence-electron chi connectivity index (χ2n) is 9.67. The number of nitrogens with zero attached hydrogens (tertiary/aromatic N) is 2. The summed E-state index contributed by atoms with van der Waals surface area (Å²) < 4.78 is 48.0. The van der Waals surface area contributed by atoms with Crippen molar-refractivity contribution in [2.45, 2.75) is 50.0 Å². The summed E-state index contributed by atoms with van der Waals surface area (Å²) in [7, 11) is -3.99. The number of hydrogen-bond donors (Lipinski definition) is 1. The van der Waals surface area contributed by atoms with E-state index in [1.54, 1.807) is 25.1 Å². The van der Waals surface area contributed by atoms with Crippen LogP contribution in [0.5, 0.6) is 0 Å². The number of aromatic nitrogens is 1. The summed E-state index contributed by atoms with van der Waals surface area (Å²) in [6.45, 7) is 1.95. The largest absolute Gasteiger partial charge is 0.355 e. The molecule has 0 radical (unpaired) electrons. The lowest BCUT2D eigenvalue weighted by atomic mass is 9.87. The molecule has 1 fully saturated rings. The molecule has 5 rings (SSSR count). The molecule has 1 amide bonds. The summed E-state index contributed by atoms with van der Waals surface area (Å²) in [6, 6.07) is 14.3. The predicted molar refractivity (Wildman–Crippen MR) is 138 cm³/mol. The quantitative estimate of drug-likeness (QED) is 0.497. The zero-order valence-electron chi connectivity index (χ0n) is 20.7. The molecule has 2 aliphatic rings. The molecule has 1 aromatic heterocycles. The van der Waals surface area contributed by atoms with Gasteiger partial charge in [-0.3, -0.25) is 4.79 Å². The number of benzene rings is 2. The number of nitrogens with one attached hydrogen (secondary N) is 1. The van der Waals surface area contributed by atoms with Gasteiger partial charge in [0.05, 0.1) is 12.0 Å². The molecule has 2 atom stereocenters. The van der Waals surface area contributed by atoms with Crippen LogP contribution in [0.2, 0.25) is 0 Å². The lowest BCUT2D eigenvalue weighted by Gasteiger charge is -2.33. The molecular formula is C28H30FN3O4S. The highest BCUT2D eigenvalue weighted by molar-refractivity contribution is 7.89. The fourth-order valence-corrected chi connectivity index (χ4v) is 7.05. The molecule has 1 N–H and O–H groups in total. The summed E-state index contributed by atoms with van der Waals surface area (Å²) >= 11 is 0. The highest BCUT2D eigenvalue weighted by Gasteiger charge is 2.37. The standard InChI is InChI=1S/C28H30FN3O4S/c1-19-27(26(36-31-19)16-15-21-9-3-5-13-24(21)29)37(34,35)32-17-7-11-22(18-32)28(33)30-25-14-6-10-20-8-2-4-12-23(20)25/h2-5,8-9,12-13,15-16,22,25H,6-7,10-11,14,17-18H2,1H3,(H,30,33)/b16-15+/t22-,25-/m0/s1. The van der Waals surface area contributed by atoms with Crippen LogP contribution in [-0.4, -0.2) is 36.9 Å². The first kappa shape index (κ1) is 25.4. The summed E-state index contributed by atoms with van der Waals surface area (Å²) in [5.74, 6) is -0.963. The van der Waals surface area contributed by atoms with Crippen molar-refractivity contribution in [2.75, 3.05) is 13.1 Å². The number of aryl methyl sites for hydroxylation is 2. The number of hydrogen-bond acceptors (Lipinski definition) is 5. The Bertz CT molecular complexity index is 1430. The molecule has 0 bridgehead atoms. The first-order chi connectivity index (χ1) is 17.8. The molecule has 1 aliphatic heterocycles. The smallest absolute Gasteiger partial charge is 0.248 e. The Morgan fingerprint density at radius 2 is 1.89 bits per heavy atom. The van der Waals surface area contributed by atoms with Crippen LogP contribution in [0.25, 0.3) is 12.2 Å². The SMILES string of the molecule is Cc1noc(/C=C/c2ccccc2F)c1S(=O)(=O)N1CCC[C@H](C(=O)N[C@H]2CCCc3ccccc32)C1.